The molecule has 1 aliphatic heterocycles. The van der Waals surface area contributed by atoms with E-state index in [1.54, 1.807) is 7.11 Å². The average Bonchev–Trinajstić information content (AvgIpc) is 2.86. The molecule has 0 spiro atoms. The topological polar surface area (TPSA) is 50.8 Å². The van der Waals surface area contributed by atoms with E-state index in [9.17, 15) is 4.79 Å². The van der Waals surface area contributed by atoms with Crippen molar-refractivity contribution in [3.63, 3.8) is 0 Å². The maximum absolute atomic E-state index is 13.1. The zero-order valence-corrected chi connectivity index (χ0v) is 20.9. The minimum atomic E-state index is -0.0881. The third kappa shape index (κ3) is 7.17. The van der Waals surface area contributed by atoms with Crippen LogP contribution in [0.15, 0.2) is 66.7 Å². The molecule has 5 nitrogen and oxygen atoms in total. The number of amides is 1. The molecule has 0 fully saturated rings. The Morgan fingerprint density at radius 1 is 0.971 bits per heavy atom. The first-order valence-electron chi connectivity index (χ1n) is 12.5. The summed E-state index contributed by atoms with van der Waals surface area (Å²) in [6.45, 7) is 3.72. The van der Waals surface area contributed by atoms with Gasteiger partial charge in [-0.2, -0.15) is 0 Å². The lowest BCUT2D eigenvalue weighted by atomic mass is 9.99. The van der Waals surface area contributed by atoms with Crippen molar-refractivity contribution in [2.24, 2.45) is 0 Å². The Morgan fingerprint density at radius 2 is 1.80 bits per heavy atom. The SMILES string of the molecule is COCc1ccccc1CNC(=O)c1ccc2c(c1)Cc1cccc(c1)CN(C)CCCCCO2. The zero-order chi connectivity index (χ0) is 24.5. The Hall–Kier alpha value is -3.15. The van der Waals surface area contributed by atoms with Gasteiger partial charge in [-0.1, -0.05) is 48.5 Å². The van der Waals surface area contributed by atoms with E-state index in [4.69, 9.17) is 9.47 Å². The number of methoxy groups -OCH3 is 1. The minimum absolute atomic E-state index is 0.0881. The van der Waals surface area contributed by atoms with Gasteiger partial charge in [-0.05, 0) is 78.9 Å². The van der Waals surface area contributed by atoms with Crippen LogP contribution in [-0.2, 0) is 30.9 Å². The van der Waals surface area contributed by atoms with Crippen LogP contribution in [0.25, 0.3) is 0 Å². The smallest absolute Gasteiger partial charge is 0.251 e. The molecule has 1 N–H and O–H groups in total. The monoisotopic (exact) mass is 472 g/mol. The average molecular weight is 473 g/mol. The van der Waals surface area contributed by atoms with Gasteiger partial charge in [-0.15, -0.1) is 0 Å². The van der Waals surface area contributed by atoms with Crippen molar-refractivity contribution in [1.82, 2.24) is 10.2 Å². The summed E-state index contributed by atoms with van der Waals surface area (Å²) in [7, 11) is 3.86. The van der Waals surface area contributed by atoms with E-state index in [0.29, 0.717) is 25.3 Å². The van der Waals surface area contributed by atoms with E-state index in [1.165, 1.54) is 17.5 Å². The molecule has 0 radical (unpaired) electrons. The van der Waals surface area contributed by atoms with E-state index in [2.05, 4.69) is 41.5 Å². The van der Waals surface area contributed by atoms with Crippen molar-refractivity contribution in [2.45, 2.75) is 45.4 Å². The van der Waals surface area contributed by atoms with Crippen LogP contribution in [0.4, 0.5) is 0 Å². The first kappa shape index (κ1) is 25.0. The van der Waals surface area contributed by atoms with E-state index in [-0.39, 0.29) is 5.91 Å². The molecule has 184 valence electrons. The predicted octanol–water partition coefficient (Wildman–Crippen LogP) is 5.35. The Kier molecular flexibility index (Phi) is 8.93. The van der Waals surface area contributed by atoms with E-state index >= 15 is 0 Å². The highest BCUT2D eigenvalue weighted by molar-refractivity contribution is 5.94. The fourth-order valence-corrected chi connectivity index (χ4v) is 4.59. The molecule has 3 aromatic rings. The molecule has 0 aromatic heterocycles. The molecule has 0 atom stereocenters. The van der Waals surface area contributed by atoms with Gasteiger partial charge in [0.1, 0.15) is 5.75 Å². The quantitative estimate of drug-likeness (QED) is 0.544. The second-order valence-corrected chi connectivity index (χ2v) is 9.35. The molecule has 4 rings (SSSR count). The Balaban J connectivity index is 1.54. The number of benzene rings is 3. The summed E-state index contributed by atoms with van der Waals surface area (Å²) < 4.78 is 11.5. The lowest BCUT2D eigenvalue weighted by Crippen LogP contribution is -2.23. The van der Waals surface area contributed by atoms with Crippen molar-refractivity contribution < 1.29 is 14.3 Å². The molecule has 0 saturated carbocycles. The first-order chi connectivity index (χ1) is 17.1. The number of ether oxygens (including phenoxy) is 2. The van der Waals surface area contributed by atoms with E-state index in [1.807, 2.05) is 42.5 Å². The second-order valence-electron chi connectivity index (χ2n) is 9.35. The number of nitrogens with zero attached hydrogens (tertiary/aromatic N) is 1. The number of rotatable bonds is 5. The predicted molar refractivity (Wildman–Crippen MR) is 140 cm³/mol. The summed E-state index contributed by atoms with van der Waals surface area (Å²) in [5.41, 5.74) is 6.37. The Bertz CT molecular complexity index is 1130. The molecule has 0 aliphatic carbocycles. The van der Waals surface area contributed by atoms with Gasteiger partial charge in [0.05, 0.1) is 13.2 Å². The molecule has 35 heavy (non-hydrogen) atoms. The normalized spacial score (nSPS) is 14.9. The lowest BCUT2D eigenvalue weighted by molar-refractivity contribution is 0.0950. The van der Waals surface area contributed by atoms with Crippen LogP contribution in [0.3, 0.4) is 0 Å². The summed E-state index contributed by atoms with van der Waals surface area (Å²) in [6, 6.07) is 22.6. The molecule has 3 aromatic carbocycles. The minimum Gasteiger partial charge on any atom is -0.493 e. The number of fused-ring (bicyclic) bond motifs is 3. The van der Waals surface area contributed by atoms with Crippen molar-refractivity contribution in [2.75, 3.05) is 27.3 Å². The van der Waals surface area contributed by atoms with Gasteiger partial charge >= 0.3 is 0 Å². The largest absolute Gasteiger partial charge is 0.493 e. The first-order valence-corrected chi connectivity index (χ1v) is 12.5. The number of hydrogen-bond acceptors (Lipinski definition) is 4. The number of hydrogen-bond donors (Lipinski definition) is 1. The van der Waals surface area contributed by atoms with Crippen LogP contribution in [-0.4, -0.2) is 38.1 Å². The van der Waals surface area contributed by atoms with Crippen LogP contribution in [0, 0.1) is 0 Å². The molecule has 2 bridgehead atoms. The second kappa shape index (κ2) is 12.5. The highest BCUT2D eigenvalue weighted by Gasteiger charge is 2.13. The highest BCUT2D eigenvalue weighted by atomic mass is 16.5. The molecule has 5 heteroatoms. The summed E-state index contributed by atoms with van der Waals surface area (Å²) in [5.74, 6) is 0.779. The van der Waals surface area contributed by atoms with Gasteiger partial charge < -0.3 is 19.7 Å². The Morgan fingerprint density at radius 3 is 2.66 bits per heavy atom. The van der Waals surface area contributed by atoms with Gasteiger partial charge in [0, 0.05) is 32.2 Å². The molecule has 0 saturated heterocycles. The number of carbonyl (C=O) groups excluding carboxylic acids is 1. The maximum Gasteiger partial charge on any atom is 0.251 e. The lowest BCUT2D eigenvalue weighted by Gasteiger charge is -2.19. The van der Waals surface area contributed by atoms with Crippen molar-refractivity contribution in [1.29, 1.82) is 0 Å². The third-order valence-electron chi connectivity index (χ3n) is 6.46. The number of carbonyl (C=O) groups is 1. The van der Waals surface area contributed by atoms with Gasteiger partial charge in [0.2, 0.25) is 0 Å². The summed E-state index contributed by atoms with van der Waals surface area (Å²) in [6.07, 6.45) is 4.07. The molecule has 1 amide bonds. The van der Waals surface area contributed by atoms with Crippen molar-refractivity contribution in [3.8, 4) is 5.75 Å². The van der Waals surface area contributed by atoms with Crippen LogP contribution < -0.4 is 10.1 Å². The Labute approximate surface area is 209 Å². The molecular formula is C30H36N2O3. The summed E-state index contributed by atoms with van der Waals surface area (Å²) in [4.78, 5) is 15.4. The van der Waals surface area contributed by atoms with Gasteiger partial charge in [-0.3, -0.25) is 4.79 Å². The summed E-state index contributed by atoms with van der Waals surface area (Å²) >= 11 is 0. The van der Waals surface area contributed by atoms with Crippen molar-refractivity contribution >= 4 is 5.91 Å². The fourth-order valence-electron chi connectivity index (χ4n) is 4.59. The van der Waals surface area contributed by atoms with Gasteiger partial charge in [0.25, 0.3) is 5.91 Å². The number of nitrogens with one attached hydrogen (secondary N) is 1. The highest BCUT2D eigenvalue weighted by Crippen LogP contribution is 2.25. The molecule has 1 heterocycles. The molecule has 1 aliphatic rings. The van der Waals surface area contributed by atoms with Gasteiger partial charge in [-0.25, -0.2) is 0 Å². The zero-order valence-electron chi connectivity index (χ0n) is 20.9. The van der Waals surface area contributed by atoms with E-state index in [0.717, 1.165) is 54.8 Å². The molecule has 0 unspecified atom stereocenters. The van der Waals surface area contributed by atoms with Crippen molar-refractivity contribution in [3.05, 3.63) is 100 Å². The van der Waals surface area contributed by atoms with Crippen LogP contribution >= 0.6 is 0 Å². The maximum atomic E-state index is 13.1. The van der Waals surface area contributed by atoms with Gasteiger partial charge in [0.15, 0.2) is 0 Å². The standard InChI is InChI=1S/C30H36N2O3/c1-32-15-6-3-7-16-35-29-14-13-25(19-28(29)18-23-9-8-10-24(17-23)21-32)30(33)31-20-26-11-4-5-12-27(26)22-34-2/h4-5,8-14,17,19H,3,6-7,15-16,18,20-22H2,1-2H3,(H,31,33). The van der Waals surface area contributed by atoms with Crippen LogP contribution in [0.1, 0.15) is 57.4 Å². The van der Waals surface area contributed by atoms with Crippen LogP contribution in [0.5, 0.6) is 5.75 Å². The summed E-state index contributed by atoms with van der Waals surface area (Å²) in [5, 5.41) is 3.07. The molecular weight excluding hydrogens is 436 g/mol. The van der Waals surface area contributed by atoms with E-state index < -0.39 is 0 Å². The third-order valence-corrected chi connectivity index (χ3v) is 6.46. The van der Waals surface area contributed by atoms with Crippen LogP contribution in [0.2, 0.25) is 0 Å². The fraction of sp³-hybridized carbons (Fsp3) is 0.367.